The topological polar surface area (TPSA) is 77.3 Å². The molecule has 0 spiro atoms. The molecular formula is C7H16ClNO3. The number of nitrogens with two attached hydrogens (primary N) is 1. The van der Waals surface area contributed by atoms with E-state index >= 15 is 0 Å². The van der Waals surface area contributed by atoms with Gasteiger partial charge in [-0.3, -0.25) is 0 Å². The van der Waals surface area contributed by atoms with Crippen LogP contribution in [0.4, 0.5) is 0 Å². The maximum Gasteiger partial charge on any atom is 0.129 e. The van der Waals surface area contributed by atoms with Crippen LogP contribution in [0.1, 0.15) is 6.42 Å². The number of hydrogen-bond acceptors (Lipinski definition) is 3. The van der Waals surface area contributed by atoms with Crippen LogP contribution in [0.2, 0.25) is 0 Å². The van der Waals surface area contributed by atoms with Crippen molar-refractivity contribution in [3.05, 3.63) is 0 Å². The normalized spacial score (nSPS) is 36.8. The van der Waals surface area contributed by atoms with Crippen molar-refractivity contribution in [1.29, 1.82) is 0 Å². The molecule has 4 nitrogen and oxygen atoms in total. The van der Waals surface area contributed by atoms with Crippen molar-refractivity contribution in [2.45, 2.75) is 18.6 Å². The second-order valence-electron chi connectivity index (χ2n) is 3.10. The van der Waals surface area contributed by atoms with E-state index in [2.05, 4.69) is 0 Å². The fourth-order valence-electron chi connectivity index (χ4n) is 1.44. The van der Waals surface area contributed by atoms with E-state index in [1.54, 1.807) is 0 Å². The van der Waals surface area contributed by atoms with Gasteiger partial charge in [-0.05, 0) is 0 Å². The lowest BCUT2D eigenvalue weighted by Gasteiger charge is -2.19. The summed E-state index contributed by atoms with van der Waals surface area (Å²) in [5, 5.41) is 29.4. The van der Waals surface area contributed by atoms with Gasteiger partial charge in [0.2, 0.25) is 0 Å². The second-order valence-corrected chi connectivity index (χ2v) is 3.10. The van der Waals surface area contributed by atoms with E-state index in [1.165, 1.54) is 0 Å². The van der Waals surface area contributed by atoms with Crippen LogP contribution in [0.15, 0.2) is 0 Å². The number of quaternary nitrogens is 1. The summed E-state index contributed by atoms with van der Waals surface area (Å²) in [6.45, 7) is 1.38. The lowest BCUT2D eigenvalue weighted by Crippen LogP contribution is -3.00. The average Bonchev–Trinajstić information content (AvgIpc) is 2.16. The minimum absolute atomic E-state index is 0. The lowest BCUT2D eigenvalue weighted by atomic mass is 9.97. The highest BCUT2D eigenvalue weighted by molar-refractivity contribution is 4.76. The van der Waals surface area contributed by atoms with Gasteiger partial charge in [0.05, 0.1) is 12.6 Å². The molecule has 0 aromatic heterocycles. The molecule has 5 N–H and O–H groups in total. The van der Waals surface area contributed by atoms with Crippen molar-refractivity contribution in [2.24, 2.45) is 5.92 Å². The minimum atomic E-state index is -0.751. The molecule has 0 aromatic carbocycles. The molecule has 1 rings (SSSR count). The molecule has 0 unspecified atom stereocenters. The predicted molar refractivity (Wildman–Crippen MR) is 38.9 cm³/mol. The van der Waals surface area contributed by atoms with Crippen LogP contribution in [0.3, 0.4) is 0 Å². The van der Waals surface area contributed by atoms with E-state index in [0.29, 0.717) is 6.54 Å². The summed E-state index contributed by atoms with van der Waals surface area (Å²) in [5.74, 6) is -0.149. The highest BCUT2D eigenvalue weighted by atomic mass is 35.5. The van der Waals surface area contributed by atoms with Gasteiger partial charge in [0.1, 0.15) is 12.6 Å². The third kappa shape index (κ3) is 2.88. The summed E-state index contributed by atoms with van der Waals surface area (Å²) in [5.41, 5.74) is 0. The Morgan fingerprint density at radius 3 is 2.58 bits per heavy atom. The van der Waals surface area contributed by atoms with Crippen LogP contribution < -0.4 is 17.7 Å². The zero-order valence-corrected chi connectivity index (χ0v) is 7.61. The third-order valence-electron chi connectivity index (χ3n) is 2.26. The molecule has 1 saturated heterocycles. The number of halogens is 1. The van der Waals surface area contributed by atoms with Crippen molar-refractivity contribution in [1.82, 2.24) is 0 Å². The Labute approximate surface area is 78.0 Å². The first-order valence-corrected chi connectivity index (χ1v) is 4.04. The minimum Gasteiger partial charge on any atom is -1.00 e. The number of hydrogen-bond donors (Lipinski definition) is 4. The molecular weight excluding hydrogens is 182 g/mol. The van der Waals surface area contributed by atoms with Gasteiger partial charge in [-0.1, -0.05) is 0 Å². The summed E-state index contributed by atoms with van der Waals surface area (Å²) < 4.78 is 0. The maximum absolute atomic E-state index is 9.39. The third-order valence-corrected chi connectivity index (χ3v) is 2.26. The number of rotatable bonds is 1. The van der Waals surface area contributed by atoms with Gasteiger partial charge in [-0.25, -0.2) is 0 Å². The van der Waals surface area contributed by atoms with Gasteiger partial charge < -0.3 is 33.0 Å². The molecule has 1 aliphatic rings. The molecule has 0 radical (unpaired) electrons. The van der Waals surface area contributed by atoms with Gasteiger partial charge >= 0.3 is 0 Å². The SMILES string of the molecule is OC[C@H]1CC[NH2+]C[C@@H](O)[C@H]1O.[Cl-]. The van der Waals surface area contributed by atoms with Crippen molar-refractivity contribution in [3.8, 4) is 0 Å². The second kappa shape index (κ2) is 5.72. The fourth-order valence-corrected chi connectivity index (χ4v) is 1.44. The van der Waals surface area contributed by atoms with Crippen molar-refractivity contribution < 1.29 is 33.0 Å². The summed E-state index contributed by atoms with van der Waals surface area (Å²) >= 11 is 0. The molecule has 3 atom stereocenters. The van der Waals surface area contributed by atoms with Gasteiger partial charge in [0.15, 0.2) is 0 Å². The van der Waals surface area contributed by atoms with Crippen molar-refractivity contribution >= 4 is 0 Å². The van der Waals surface area contributed by atoms with Gasteiger partial charge in [0.25, 0.3) is 0 Å². The Morgan fingerprint density at radius 2 is 2.00 bits per heavy atom. The highest BCUT2D eigenvalue weighted by Gasteiger charge is 2.29. The van der Waals surface area contributed by atoms with Gasteiger partial charge in [0, 0.05) is 18.9 Å². The highest BCUT2D eigenvalue weighted by Crippen LogP contribution is 2.11. The van der Waals surface area contributed by atoms with Gasteiger partial charge in [-0.2, -0.15) is 0 Å². The molecule has 0 amide bonds. The van der Waals surface area contributed by atoms with E-state index in [0.717, 1.165) is 13.0 Å². The Kier molecular flexibility index (Phi) is 5.78. The van der Waals surface area contributed by atoms with Crippen LogP contribution >= 0.6 is 0 Å². The molecule has 1 heterocycles. The number of aliphatic hydroxyl groups excluding tert-OH is 3. The van der Waals surface area contributed by atoms with Gasteiger partial charge in [-0.15, -0.1) is 0 Å². The first-order valence-electron chi connectivity index (χ1n) is 4.04. The first-order chi connectivity index (χ1) is 5.25. The smallest absolute Gasteiger partial charge is 0.129 e. The quantitative estimate of drug-likeness (QED) is 0.339. The largest absolute Gasteiger partial charge is 1.00 e. The molecule has 74 valence electrons. The molecule has 0 aromatic rings. The molecule has 1 aliphatic heterocycles. The van der Waals surface area contributed by atoms with Crippen LogP contribution in [0.25, 0.3) is 0 Å². The van der Waals surface area contributed by atoms with Crippen molar-refractivity contribution in [3.63, 3.8) is 0 Å². The molecule has 0 bridgehead atoms. The van der Waals surface area contributed by atoms with Crippen LogP contribution in [-0.2, 0) is 0 Å². The van der Waals surface area contributed by atoms with E-state index < -0.39 is 12.2 Å². The molecule has 1 fully saturated rings. The zero-order valence-electron chi connectivity index (χ0n) is 6.86. The Hall–Kier alpha value is 0.130. The molecule has 5 heteroatoms. The van der Waals surface area contributed by atoms with Crippen LogP contribution in [-0.4, -0.2) is 47.2 Å². The standard InChI is InChI=1S/C7H15NO3.ClH/c9-4-5-1-2-8-3-6(10)7(5)11;/h5-11H,1-4H2;1H/t5-,6-,7+;/m1./s1. The first kappa shape index (κ1) is 12.1. The average molecular weight is 198 g/mol. The predicted octanol–water partition coefficient (Wildman–Crippen LogP) is -5.71. The molecule has 12 heavy (non-hydrogen) atoms. The monoisotopic (exact) mass is 197 g/mol. The van der Waals surface area contributed by atoms with Crippen LogP contribution in [0.5, 0.6) is 0 Å². The van der Waals surface area contributed by atoms with Crippen LogP contribution in [0, 0.1) is 5.92 Å². The number of aliphatic hydroxyl groups is 3. The van der Waals surface area contributed by atoms with E-state index in [-0.39, 0.29) is 24.9 Å². The Balaban J connectivity index is 0.00000121. The summed E-state index contributed by atoms with van der Waals surface area (Å²) in [7, 11) is 0. The zero-order chi connectivity index (χ0) is 8.27. The summed E-state index contributed by atoms with van der Waals surface area (Å²) in [6, 6.07) is 0. The van der Waals surface area contributed by atoms with Crippen molar-refractivity contribution in [2.75, 3.05) is 19.7 Å². The summed E-state index contributed by atoms with van der Waals surface area (Å²) in [6.07, 6.45) is -0.664. The maximum atomic E-state index is 9.39. The fraction of sp³-hybridized carbons (Fsp3) is 1.00. The summed E-state index contributed by atoms with van der Waals surface area (Å²) in [4.78, 5) is 0. The molecule has 0 aliphatic carbocycles. The lowest BCUT2D eigenvalue weighted by molar-refractivity contribution is -0.659. The van der Waals surface area contributed by atoms with E-state index in [9.17, 15) is 10.2 Å². The molecule has 0 saturated carbocycles. The Bertz CT molecular complexity index is 125. The van der Waals surface area contributed by atoms with E-state index in [4.69, 9.17) is 5.11 Å². The van der Waals surface area contributed by atoms with E-state index in [1.807, 2.05) is 5.32 Å². The Morgan fingerprint density at radius 1 is 1.33 bits per heavy atom.